The highest BCUT2D eigenvalue weighted by atomic mass is 32.2. The molecule has 0 aliphatic rings. The molecular formula is C24H26PS2+. The van der Waals surface area contributed by atoms with Crippen LogP contribution < -0.4 is 15.9 Å². The summed E-state index contributed by atoms with van der Waals surface area (Å²) in [5.74, 6) is 1.09. The van der Waals surface area contributed by atoms with Gasteiger partial charge in [-0.1, -0.05) is 61.5 Å². The maximum absolute atomic E-state index is 2.36. The fourth-order valence-corrected chi connectivity index (χ4v) is 10.6. The molecule has 3 aromatic carbocycles. The third-order valence-corrected chi connectivity index (χ3v) is 11.8. The molecule has 3 rings (SSSR count). The van der Waals surface area contributed by atoms with Gasteiger partial charge in [0.1, 0.15) is 28.5 Å². The lowest BCUT2D eigenvalue weighted by Gasteiger charge is -2.29. The minimum atomic E-state index is -1.91. The summed E-state index contributed by atoms with van der Waals surface area (Å²) < 4.78 is 1.45. The third kappa shape index (κ3) is 4.04. The molecule has 0 nitrogen and oxygen atoms in total. The van der Waals surface area contributed by atoms with Crippen LogP contribution in [0, 0.1) is 0 Å². The van der Waals surface area contributed by atoms with Crippen molar-refractivity contribution < 1.29 is 0 Å². The molecule has 0 fully saturated rings. The van der Waals surface area contributed by atoms with Crippen LogP contribution in [-0.4, -0.2) is 12.0 Å². The Morgan fingerprint density at radius 1 is 0.704 bits per heavy atom. The fourth-order valence-electron chi connectivity index (χ4n) is 3.56. The molecule has 3 aromatic rings. The van der Waals surface area contributed by atoms with Gasteiger partial charge < -0.3 is 0 Å². The highest BCUT2D eigenvalue weighted by Crippen LogP contribution is 2.64. The van der Waals surface area contributed by atoms with Crippen LogP contribution in [-0.2, 0) is 0 Å². The van der Waals surface area contributed by atoms with Crippen LogP contribution in [0.4, 0.5) is 0 Å². The van der Waals surface area contributed by atoms with Crippen LogP contribution in [0.25, 0.3) is 0 Å². The van der Waals surface area contributed by atoms with Gasteiger partial charge in [-0.25, -0.2) is 0 Å². The van der Waals surface area contributed by atoms with Crippen LogP contribution in [0.15, 0.2) is 101 Å². The summed E-state index contributed by atoms with van der Waals surface area (Å²) >= 11 is 3.85. The van der Waals surface area contributed by atoms with Crippen LogP contribution in [0.5, 0.6) is 0 Å². The molecule has 0 aliphatic heterocycles. The average molecular weight is 410 g/mol. The fraction of sp³-hybridized carbons (Fsp3) is 0.167. The zero-order chi connectivity index (χ0) is 19.1. The first-order valence-corrected chi connectivity index (χ1v) is 13.2. The van der Waals surface area contributed by atoms with Gasteiger partial charge >= 0.3 is 0 Å². The Hall–Kier alpha value is -1.47. The first-order valence-electron chi connectivity index (χ1n) is 9.19. The molecule has 0 bridgehead atoms. The summed E-state index contributed by atoms with van der Waals surface area (Å²) in [5, 5.41) is 5.76. The molecular weight excluding hydrogens is 383 g/mol. The summed E-state index contributed by atoms with van der Waals surface area (Å²) in [4.78, 5) is 0. The van der Waals surface area contributed by atoms with E-state index in [1.54, 1.807) is 0 Å². The molecule has 0 spiro atoms. The standard InChI is InChI=1S/C24H26PS2/c1-4-27-24(26-3)20(2)25(21-14-8-5-9-15-21,22-16-10-6-11-17-22)23-18-12-7-13-19-23/h5-19H,4H2,1-3H3/q+1/b24-20-. The lowest BCUT2D eigenvalue weighted by atomic mass is 10.4. The molecule has 0 N–H and O–H groups in total. The SMILES string of the molecule is CCS/C(SC)=C(/C)[P+](c1ccccc1)(c1ccccc1)c1ccccc1. The molecule has 3 heteroatoms. The first-order chi connectivity index (χ1) is 13.2. The largest absolute Gasteiger partial charge is 0.141 e. The first kappa shape index (κ1) is 20.3. The zero-order valence-electron chi connectivity index (χ0n) is 16.1. The topological polar surface area (TPSA) is 0 Å². The Morgan fingerprint density at radius 2 is 1.07 bits per heavy atom. The zero-order valence-corrected chi connectivity index (χ0v) is 18.7. The van der Waals surface area contributed by atoms with Crippen molar-refractivity contribution in [1.82, 2.24) is 0 Å². The van der Waals surface area contributed by atoms with Crippen LogP contribution in [0.3, 0.4) is 0 Å². The molecule has 0 saturated carbocycles. The Bertz CT molecular complexity index is 777. The summed E-state index contributed by atoms with van der Waals surface area (Å²) in [7, 11) is -1.91. The van der Waals surface area contributed by atoms with Crippen molar-refractivity contribution in [2.45, 2.75) is 13.8 Å². The second-order valence-electron chi connectivity index (χ2n) is 6.19. The lowest BCUT2D eigenvalue weighted by molar-refractivity contribution is 1.53. The number of rotatable bonds is 7. The number of hydrogen-bond donors (Lipinski definition) is 0. The van der Waals surface area contributed by atoms with E-state index < -0.39 is 7.26 Å². The Kier molecular flexibility index (Phi) is 7.24. The summed E-state index contributed by atoms with van der Waals surface area (Å²) in [6, 6.07) is 33.3. The van der Waals surface area contributed by atoms with Gasteiger partial charge in [-0.05, 0) is 55.3 Å². The normalized spacial score (nSPS) is 12.6. The van der Waals surface area contributed by atoms with Crippen molar-refractivity contribution >= 4 is 46.7 Å². The Balaban J connectivity index is 2.44. The minimum absolute atomic E-state index is 1.09. The van der Waals surface area contributed by atoms with E-state index in [1.165, 1.54) is 25.5 Å². The summed E-state index contributed by atoms with van der Waals surface area (Å²) in [6.07, 6.45) is 2.21. The van der Waals surface area contributed by atoms with Gasteiger partial charge in [0.25, 0.3) is 0 Å². The van der Waals surface area contributed by atoms with Crippen molar-refractivity contribution in [2.24, 2.45) is 0 Å². The van der Waals surface area contributed by atoms with Gasteiger partial charge in [0, 0.05) is 0 Å². The maximum atomic E-state index is 2.36. The van der Waals surface area contributed by atoms with Crippen LogP contribution in [0.1, 0.15) is 13.8 Å². The molecule has 138 valence electrons. The maximum Gasteiger partial charge on any atom is 0.141 e. The average Bonchev–Trinajstić information content (AvgIpc) is 2.75. The molecule has 0 heterocycles. The van der Waals surface area contributed by atoms with E-state index in [9.17, 15) is 0 Å². The second kappa shape index (κ2) is 9.64. The summed E-state index contributed by atoms with van der Waals surface area (Å²) in [6.45, 7) is 4.59. The Labute approximate surface area is 172 Å². The number of benzene rings is 3. The number of allylic oxidation sites excluding steroid dienone is 1. The van der Waals surface area contributed by atoms with Crippen molar-refractivity contribution in [1.29, 1.82) is 0 Å². The van der Waals surface area contributed by atoms with E-state index >= 15 is 0 Å². The van der Waals surface area contributed by atoms with Crippen molar-refractivity contribution in [3.63, 3.8) is 0 Å². The monoisotopic (exact) mass is 409 g/mol. The molecule has 0 aliphatic carbocycles. The van der Waals surface area contributed by atoms with Crippen molar-refractivity contribution in [3.8, 4) is 0 Å². The van der Waals surface area contributed by atoms with Crippen LogP contribution in [0.2, 0.25) is 0 Å². The number of thioether (sulfide) groups is 2. The lowest BCUT2D eigenvalue weighted by Crippen LogP contribution is -2.32. The molecule has 0 aromatic heterocycles. The molecule has 0 saturated heterocycles. The Morgan fingerprint density at radius 3 is 1.37 bits per heavy atom. The van der Waals surface area contributed by atoms with E-state index in [1.807, 2.05) is 23.5 Å². The van der Waals surface area contributed by atoms with Gasteiger partial charge in [0.2, 0.25) is 0 Å². The highest BCUT2D eigenvalue weighted by Gasteiger charge is 2.48. The second-order valence-corrected chi connectivity index (χ2v) is 12.1. The molecule has 0 amide bonds. The predicted octanol–water partition coefficient (Wildman–Crippen LogP) is 6.29. The summed E-state index contributed by atoms with van der Waals surface area (Å²) in [5.41, 5.74) is 0. The van der Waals surface area contributed by atoms with E-state index in [0.717, 1.165) is 5.75 Å². The smallest absolute Gasteiger partial charge is 0.119 e. The highest BCUT2D eigenvalue weighted by molar-refractivity contribution is 8.22. The molecule has 0 radical (unpaired) electrons. The van der Waals surface area contributed by atoms with E-state index in [-0.39, 0.29) is 0 Å². The van der Waals surface area contributed by atoms with Crippen LogP contribution >= 0.6 is 30.8 Å². The van der Waals surface area contributed by atoms with E-state index in [0.29, 0.717) is 0 Å². The van der Waals surface area contributed by atoms with E-state index in [4.69, 9.17) is 0 Å². The van der Waals surface area contributed by atoms with Crippen molar-refractivity contribution in [3.05, 3.63) is 101 Å². The molecule has 0 unspecified atom stereocenters. The van der Waals surface area contributed by atoms with Gasteiger partial charge in [-0.15, -0.1) is 23.5 Å². The predicted molar refractivity (Wildman–Crippen MR) is 129 cm³/mol. The van der Waals surface area contributed by atoms with Crippen molar-refractivity contribution in [2.75, 3.05) is 12.0 Å². The van der Waals surface area contributed by atoms with Gasteiger partial charge in [0.05, 0.1) is 4.24 Å². The molecule has 27 heavy (non-hydrogen) atoms. The van der Waals surface area contributed by atoms with E-state index in [2.05, 4.69) is 111 Å². The third-order valence-electron chi connectivity index (χ3n) is 4.69. The van der Waals surface area contributed by atoms with Gasteiger partial charge in [0.15, 0.2) is 0 Å². The number of hydrogen-bond acceptors (Lipinski definition) is 2. The molecule has 0 atom stereocenters. The van der Waals surface area contributed by atoms with Gasteiger partial charge in [-0.3, -0.25) is 0 Å². The minimum Gasteiger partial charge on any atom is -0.119 e. The quantitative estimate of drug-likeness (QED) is 0.421. The van der Waals surface area contributed by atoms with Gasteiger partial charge in [-0.2, -0.15) is 0 Å².